The third kappa shape index (κ3) is 4.98. The summed E-state index contributed by atoms with van der Waals surface area (Å²) in [6.45, 7) is 2.67. The number of carbonyl (C=O) groups is 1. The first kappa shape index (κ1) is 20.0. The van der Waals surface area contributed by atoms with Gasteiger partial charge in [-0.25, -0.2) is 9.78 Å². The minimum absolute atomic E-state index is 0.0751. The lowest BCUT2D eigenvalue weighted by atomic mass is 10.3. The number of piperazine rings is 1. The van der Waals surface area contributed by atoms with Crippen LogP contribution in [0.2, 0.25) is 0 Å². The second-order valence-corrected chi connectivity index (χ2v) is 7.63. The number of benzene rings is 1. The fourth-order valence-corrected chi connectivity index (χ4v) is 3.63. The molecule has 1 saturated heterocycles. The number of hydrogen-bond acceptors (Lipinski definition) is 7. The highest BCUT2D eigenvalue weighted by atomic mass is 32.2. The number of thioether (sulfide) groups is 1. The van der Waals surface area contributed by atoms with E-state index < -0.39 is 0 Å². The topological polar surface area (TPSA) is 86.3 Å². The second kappa shape index (κ2) is 9.45. The van der Waals surface area contributed by atoms with Gasteiger partial charge in [-0.2, -0.15) is 0 Å². The number of pyridine rings is 1. The lowest BCUT2D eigenvalue weighted by Crippen LogP contribution is -2.50. The van der Waals surface area contributed by atoms with Gasteiger partial charge in [0.1, 0.15) is 5.82 Å². The van der Waals surface area contributed by atoms with Gasteiger partial charge in [-0.05, 0) is 48.7 Å². The molecule has 0 saturated carbocycles. The van der Waals surface area contributed by atoms with Crippen LogP contribution >= 0.6 is 11.8 Å². The molecule has 154 valence electrons. The van der Waals surface area contributed by atoms with Crippen LogP contribution in [0.5, 0.6) is 0 Å². The molecule has 0 spiro atoms. The molecule has 0 unspecified atom stereocenters. The first-order valence-corrected chi connectivity index (χ1v) is 10.9. The van der Waals surface area contributed by atoms with Gasteiger partial charge in [0.2, 0.25) is 0 Å². The Bertz CT molecular complexity index is 976. The van der Waals surface area contributed by atoms with Crippen LogP contribution < -0.4 is 15.5 Å². The zero-order chi connectivity index (χ0) is 20.8. The van der Waals surface area contributed by atoms with Gasteiger partial charge in [-0.3, -0.25) is 0 Å². The van der Waals surface area contributed by atoms with E-state index in [1.54, 1.807) is 18.0 Å². The molecule has 8 nitrogen and oxygen atoms in total. The highest BCUT2D eigenvalue weighted by molar-refractivity contribution is 7.98. The van der Waals surface area contributed by atoms with Crippen LogP contribution in [-0.2, 0) is 0 Å². The lowest BCUT2D eigenvalue weighted by molar-refractivity contribution is 0.208. The molecule has 0 aliphatic carbocycles. The molecule has 9 heteroatoms. The SMILES string of the molecule is CSc1cccc(NC(=O)N2CCN(c3ccc(Nc4ccccn4)nn3)CC2)c1. The molecule has 2 N–H and O–H groups in total. The number of hydrogen-bond donors (Lipinski definition) is 2. The van der Waals surface area contributed by atoms with Crippen molar-refractivity contribution in [2.24, 2.45) is 0 Å². The quantitative estimate of drug-likeness (QED) is 0.608. The van der Waals surface area contributed by atoms with Gasteiger partial charge in [0, 0.05) is 43.0 Å². The summed E-state index contributed by atoms with van der Waals surface area (Å²) in [7, 11) is 0. The van der Waals surface area contributed by atoms with Gasteiger partial charge in [-0.1, -0.05) is 12.1 Å². The number of nitrogens with zero attached hydrogens (tertiary/aromatic N) is 5. The predicted octanol–water partition coefficient (Wildman–Crippen LogP) is 3.69. The van der Waals surface area contributed by atoms with E-state index in [-0.39, 0.29) is 6.03 Å². The summed E-state index contributed by atoms with van der Waals surface area (Å²) in [6.07, 6.45) is 3.74. The number of anilines is 4. The van der Waals surface area contributed by atoms with Crippen LogP contribution in [0.25, 0.3) is 0 Å². The average molecular weight is 422 g/mol. The summed E-state index contributed by atoms with van der Waals surface area (Å²) in [5, 5.41) is 14.7. The van der Waals surface area contributed by atoms with Gasteiger partial charge in [0.25, 0.3) is 0 Å². The number of rotatable bonds is 5. The number of aromatic nitrogens is 3. The molecule has 4 rings (SSSR count). The average Bonchev–Trinajstić information content (AvgIpc) is 2.80. The summed E-state index contributed by atoms with van der Waals surface area (Å²) in [5.41, 5.74) is 0.816. The molecule has 30 heavy (non-hydrogen) atoms. The predicted molar refractivity (Wildman–Crippen MR) is 121 cm³/mol. The highest BCUT2D eigenvalue weighted by Gasteiger charge is 2.22. The van der Waals surface area contributed by atoms with Crippen LogP contribution in [0.3, 0.4) is 0 Å². The Morgan fingerprint density at radius 3 is 2.53 bits per heavy atom. The van der Waals surface area contributed by atoms with E-state index in [4.69, 9.17) is 0 Å². The van der Waals surface area contributed by atoms with E-state index >= 15 is 0 Å². The Morgan fingerprint density at radius 1 is 0.967 bits per heavy atom. The molecule has 0 radical (unpaired) electrons. The molecule has 1 aliphatic rings. The van der Waals surface area contributed by atoms with Crippen molar-refractivity contribution in [3.05, 3.63) is 60.8 Å². The normalized spacial score (nSPS) is 13.8. The smallest absolute Gasteiger partial charge is 0.321 e. The highest BCUT2D eigenvalue weighted by Crippen LogP contribution is 2.20. The van der Waals surface area contributed by atoms with Crippen molar-refractivity contribution in [3.8, 4) is 0 Å². The minimum Gasteiger partial charge on any atom is -0.352 e. The van der Waals surface area contributed by atoms with Crippen LogP contribution in [0.15, 0.2) is 65.7 Å². The Labute approximate surface area is 179 Å². The number of nitrogens with one attached hydrogen (secondary N) is 2. The molecule has 1 aromatic carbocycles. The van der Waals surface area contributed by atoms with Crippen LogP contribution in [0, 0.1) is 0 Å². The van der Waals surface area contributed by atoms with E-state index in [1.165, 1.54) is 0 Å². The molecule has 2 aromatic heterocycles. The van der Waals surface area contributed by atoms with E-state index in [2.05, 4.69) is 30.7 Å². The maximum atomic E-state index is 12.6. The fourth-order valence-electron chi connectivity index (χ4n) is 3.17. The maximum absolute atomic E-state index is 12.6. The van der Waals surface area contributed by atoms with Gasteiger partial charge >= 0.3 is 6.03 Å². The van der Waals surface area contributed by atoms with E-state index in [0.29, 0.717) is 32.0 Å². The van der Waals surface area contributed by atoms with Crippen molar-refractivity contribution in [1.29, 1.82) is 0 Å². The third-order valence-corrected chi connectivity index (χ3v) is 5.51. The van der Waals surface area contributed by atoms with Crippen molar-refractivity contribution in [3.63, 3.8) is 0 Å². The monoisotopic (exact) mass is 421 g/mol. The fraction of sp³-hybridized carbons (Fsp3) is 0.238. The van der Waals surface area contributed by atoms with Gasteiger partial charge in [-0.15, -0.1) is 22.0 Å². The maximum Gasteiger partial charge on any atom is 0.321 e. The molecule has 0 atom stereocenters. The van der Waals surface area contributed by atoms with Crippen LogP contribution in [-0.4, -0.2) is 58.5 Å². The Morgan fingerprint density at radius 2 is 1.83 bits per heavy atom. The summed E-state index contributed by atoms with van der Waals surface area (Å²) < 4.78 is 0. The lowest BCUT2D eigenvalue weighted by Gasteiger charge is -2.35. The summed E-state index contributed by atoms with van der Waals surface area (Å²) in [6, 6.07) is 17.2. The Balaban J connectivity index is 1.30. The van der Waals surface area contributed by atoms with E-state index in [0.717, 1.165) is 22.2 Å². The largest absolute Gasteiger partial charge is 0.352 e. The molecular formula is C21H23N7OS. The van der Waals surface area contributed by atoms with Crippen molar-refractivity contribution < 1.29 is 4.79 Å². The molecule has 2 amide bonds. The summed E-state index contributed by atoms with van der Waals surface area (Å²) in [4.78, 5) is 21.9. The van der Waals surface area contributed by atoms with E-state index in [1.807, 2.05) is 65.8 Å². The van der Waals surface area contributed by atoms with Crippen molar-refractivity contribution >= 4 is 40.9 Å². The second-order valence-electron chi connectivity index (χ2n) is 6.75. The number of urea groups is 1. The first-order chi connectivity index (χ1) is 14.7. The number of amides is 2. The molecular weight excluding hydrogens is 398 g/mol. The van der Waals surface area contributed by atoms with Crippen molar-refractivity contribution in [2.45, 2.75) is 4.90 Å². The van der Waals surface area contributed by atoms with Crippen molar-refractivity contribution in [2.75, 3.05) is 48.0 Å². The van der Waals surface area contributed by atoms with Crippen LogP contribution in [0.1, 0.15) is 0 Å². The molecule has 3 heterocycles. The van der Waals surface area contributed by atoms with Gasteiger partial charge < -0.3 is 20.4 Å². The minimum atomic E-state index is -0.0751. The standard InChI is InChI=1S/C21H23N7OS/c1-30-17-6-4-5-16(15-17)23-21(29)28-13-11-27(12-14-28)20-9-8-19(25-26-20)24-18-7-2-3-10-22-18/h2-10,15H,11-14H2,1H3,(H,23,29)(H,22,24,25). The molecule has 1 aliphatic heterocycles. The molecule has 0 bridgehead atoms. The van der Waals surface area contributed by atoms with Crippen LogP contribution in [0.4, 0.5) is 27.9 Å². The summed E-state index contributed by atoms with van der Waals surface area (Å²) >= 11 is 1.65. The Kier molecular flexibility index (Phi) is 6.29. The molecule has 3 aromatic rings. The molecule has 1 fully saturated rings. The van der Waals surface area contributed by atoms with E-state index in [9.17, 15) is 4.79 Å². The zero-order valence-electron chi connectivity index (χ0n) is 16.7. The van der Waals surface area contributed by atoms with Crippen molar-refractivity contribution in [1.82, 2.24) is 20.1 Å². The third-order valence-electron chi connectivity index (χ3n) is 4.78. The Hall–Kier alpha value is -3.33. The van der Waals surface area contributed by atoms with Gasteiger partial charge in [0.05, 0.1) is 0 Å². The first-order valence-electron chi connectivity index (χ1n) is 9.68. The van der Waals surface area contributed by atoms with Gasteiger partial charge in [0.15, 0.2) is 11.6 Å². The number of carbonyl (C=O) groups excluding carboxylic acids is 1. The zero-order valence-corrected chi connectivity index (χ0v) is 17.5. The summed E-state index contributed by atoms with van der Waals surface area (Å²) in [5.74, 6) is 2.17.